The molecule has 4 fully saturated rings. The number of ether oxygens (including phenoxy) is 1. The predicted molar refractivity (Wildman–Crippen MR) is 194 cm³/mol. The van der Waals surface area contributed by atoms with Gasteiger partial charge in [0.1, 0.15) is 12.4 Å². The van der Waals surface area contributed by atoms with Crippen LogP contribution in [-0.4, -0.2) is 52.8 Å². The fourth-order valence-corrected chi connectivity index (χ4v) is 12.2. The highest BCUT2D eigenvalue weighted by Gasteiger charge is 2.67. The van der Waals surface area contributed by atoms with Crippen LogP contribution in [-0.2, 0) is 19.1 Å². The summed E-state index contributed by atoms with van der Waals surface area (Å²) in [4.78, 5) is 56.5. The Kier molecular flexibility index (Phi) is 10.4. The zero-order chi connectivity index (χ0) is 37.0. The smallest absolute Gasteiger partial charge is 0.307 e. The molecule has 1 amide bonds. The Morgan fingerprint density at radius 2 is 1.70 bits per heavy atom. The Morgan fingerprint density at radius 1 is 1.02 bits per heavy atom. The number of aliphatic hydroxyl groups excluding tert-OH is 1. The Labute approximate surface area is 300 Å². The molecule has 1 aromatic heterocycles. The van der Waals surface area contributed by atoms with Gasteiger partial charge in [0.05, 0.1) is 17.5 Å². The highest BCUT2D eigenvalue weighted by atomic mass is 16.5. The van der Waals surface area contributed by atoms with Crippen molar-refractivity contribution in [1.82, 2.24) is 10.3 Å². The third kappa shape index (κ3) is 6.19. The number of carbonyl (C=O) groups is 4. The highest BCUT2D eigenvalue weighted by molar-refractivity contribution is 6.03. The van der Waals surface area contributed by atoms with Crippen molar-refractivity contribution in [2.75, 3.05) is 7.11 Å². The zero-order valence-corrected chi connectivity index (χ0v) is 32.3. The van der Waals surface area contributed by atoms with Gasteiger partial charge in [-0.1, -0.05) is 55.4 Å². The third-order valence-electron chi connectivity index (χ3n) is 14.3. The number of amides is 1. The maximum Gasteiger partial charge on any atom is 0.307 e. The van der Waals surface area contributed by atoms with Gasteiger partial charge in [-0.25, -0.2) is 0 Å². The number of nitrogens with zero attached hydrogens (tertiary/aromatic N) is 1. The van der Waals surface area contributed by atoms with Crippen LogP contribution in [0.4, 0.5) is 0 Å². The van der Waals surface area contributed by atoms with Gasteiger partial charge in [-0.2, -0.15) is 0 Å². The first kappa shape index (κ1) is 38.4. The van der Waals surface area contributed by atoms with Gasteiger partial charge < -0.3 is 20.0 Å². The molecule has 0 aliphatic heterocycles. The first-order valence-corrected chi connectivity index (χ1v) is 19.0. The lowest BCUT2D eigenvalue weighted by atomic mass is 9.37. The van der Waals surface area contributed by atoms with Crippen molar-refractivity contribution in [1.29, 1.82) is 0 Å². The minimum atomic E-state index is -0.720. The summed E-state index contributed by atoms with van der Waals surface area (Å²) in [5, 5.41) is 10.5. The van der Waals surface area contributed by atoms with Crippen LogP contribution < -0.4 is 5.32 Å². The molecule has 1 heterocycles. The van der Waals surface area contributed by atoms with E-state index in [1.54, 1.807) is 26.1 Å². The van der Waals surface area contributed by atoms with Crippen LogP contribution in [0.25, 0.3) is 0 Å². The predicted octanol–water partition coefficient (Wildman–Crippen LogP) is 7.60. The van der Waals surface area contributed by atoms with Gasteiger partial charge in [0, 0.05) is 36.3 Å². The van der Waals surface area contributed by atoms with Gasteiger partial charge in [0.2, 0.25) is 0 Å². The molecule has 8 unspecified atom stereocenters. The molecule has 276 valence electrons. The van der Waals surface area contributed by atoms with Gasteiger partial charge in [0.25, 0.3) is 5.91 Å². The fourth-order valence-electron chi connectivity index (χ4n) is 12.2. The van der Waals surface area contributed by atoms with E-state index in [4.69, 9.17) is 9.84 Å². The Balaban J connectivity index is 0.00000239. The van der Waals surface area contributed by atoms with Crippen molar-refractivity contribution >= 4 is 23.9 Å². The maximum atomic E-state index is 13.8. The second kappa shape index (κ2) is 13.6. The minimum Gasteiger partial charge on any atom is -0.462 e. The monoisotopic (exact) mass is 690 g/mol. The summed E-state index contributed by atoms with van der Waals surface area (Å²) in [6.07, 6.45) is 10.9. The molecule has 50 heavy (non-hydrogen) atoms. The van der Waals surface area contributed by atoms with E-state index in [-0.39, 0.29) is 58.3 Å². The van der Waals surface area contributed by atoms with E-state index < -0.39 is 11.0 Å². The van der Waals surface area contributed by atoms with Crippen LogP contribution in [0.2, 0.25) is 0 Å². The topological polar surface area (TPSA) is 123 Å². The lowest BCUT2D eigenvalue weighted by Gasteiger charge is -2.68. The third-order valence-corrected chi connectivity index (χ3v) is 14.3. The molecule has 8 heteroatoms. The Bertz CT molecular complexity index is 1540. The summed E-state index contributed by atoms with van der Waals surface area (Å²) in [5.41, 5.74) is 2.23. The number of nitrogens with one attached hydrogen (secondary N) is 1. The number of allylic oxidation sites excluding steroid dienone is 1. The standard InChI is InChI=1S/C41H58N2O5.CH4O/c1-24(2)34-29(45)21-41(43-36(47)26-11-10-20-42-25(26)3)19-14-28-27(35(34)41)12-13-31-39(28,8)17-15-30-38(6,7)32(16-18-40(30,31)9)48-33(46)22-37(4,5)23-44;1-2/h10-11,20,23-24,27-28,30-32H,12-19,21-22H2,1-9H3,(H,43,47);2H,1H3. The summed E-state index contributed by atoms with van der Waals surface area (Å²) in [5.74, 6) is 1.62. The number of fused-ring (bicyclic) bond motifs is 7. The lowest BCUT2D eigenvalue weighted by molar-refractivity contribution is -0.213. The van der Waals surface area contributed by atoms with Gasteiger partial charge >= 0.3 is 5.97 Å². The molecule has 0 radical (unpaired) electrons. The first-order valence-electron chi connectivity index (χ1n) is 19.0. The van der Waals surface area contributed by atoms with Crippen molar-refractivity contribution in [2.24, 2.45) is 51.2 Å². The molecule has 4 saturated carbocycles. The van der Waals surface area contributed by atoms with E-state index in [2.05, 4.69) is 51.8 Å². The molecule has 0 bridgehead atoms. The number of aliphatic hydroxyl groups is 1. The average molecular weight is 691 g/mol. The summed E-state index contributed by atoms with van der Waals surface area (Å²) in [7, 11) is 1.00. The highest BCUT2D eigenvalue weighted by Crippen LogP contribution is 2.72. The lowest BCUT2D eigenvalue weighted by Crippen LogP contribution is -2.64. The fraction of sp³-hybridized carbons (Fsp3) is 0.738. The normalized spacial score (nSPS) is 35.8. The van der Waals surface area contributed by atoms with E-state index in [1.165, 1.54) is 5.57 Å². The van der Waals surface area contributed by atoms with Crippen molar-refractivity contribution in [3.63, 3.8) is 0 Å². The van der Waals surface area contributed by atoms with Gasteiger partial charge in [-0.15, -0.1) is 0 Å². The number of hydrogen-bond donors (Lipinski definition) is 2. The molecular formula is C42H62N2O6. The van der Waals surface area contributed by atoms with Crippen LogP contribution in [0.15, 0.2) is 29.5 Å². The minimum absolute atomic E-state index is 0.106. The van der Waals surface area contributed by atoms with E-state index in [0.29, 0.717) is 35.4 Å². The second-order valence-electron chi connectivity index (χ2n) is 18.4. The van der Waals surface area contributed by atoms with Crippen molar-refractivity contribution in [2.45, 2.75) is 138 Å². The number of Topliss-reactive ketones (excluding diaryl/α,β-unsaturated/α-hetero) is 1. The van der Waals surface area contributed by atoms with E-state index >= 15 is 0 Å². The van der Waals surface area contributed by atoms with Gasteiger partial charge in [-0.3, -0.25) is 19.4 Å². The Morgan fingerprint density at radius 3 is 2.34 bits per heavy atom. The van der Waals surface area contributed by atoms with Crippen molar-refractivity contribution < 1.29 is 29.0 Å². The molecule has 2 N–H and O–H groups in total. The molecule has 1 aromatic rings. The van der Waals surface area contributed by atoms with Crippen LogP contribution >= 0.6 is 0 Å². The number of aromatic nitrogens is 1. The van der Waals surface area contributed by atoms with E-state index in [9.17, 15) is 19.2 Å². The number of aryl methyl sites for hydroxylation is 1. The van der Waals surface area contributed by atoms with Crippen molar-refractivity contribution in [3.05, 3.63) is 40.7 Å². The molecule has 8 nitrogen and oxygen atoms in total. The van der Waals surface area contributed by atoms with Gasteiger partial charge in [-0.05, 0) is 122 Å². The first-order chi connectivity index (χ1) is 23.4. The van der Waals surface area contributed by atoms with Gasteiger partial charge in [0.15, 0.2) is 5.78 Å². The summed E-state index contributed by atoms with van der Waals surface area (Å²) < 4.78 is 6.18. The molecule has 5 aliphatic rings. The van der Waals surface area contributed by atoms with Crippen LogP contribution in [0.3, 0.4) is 0 Å². The summed E-state index contributed by atoms with van der Waals surface area (Å²) in [6, 6.07) is 3.64. The second-order valence-corrected chi connectivity index (χ2v) is 18.4. The number of rotatable bonds is 7. The molecule has 0 aromatic carbocycles. The number of carbonyl (C=O) groups excluding carboxylic acids is 4. The van der Waals surface area contributed by atoms with Crippen LogP contribution in [0.5, 0.6) is 0 Å². The summed E-state index contributed by atoms with van der Waals surface area (Å²) >= 11 is 0. The summed E-state index contributed by atoms with van der Waals surface area (Å²) in [6.45, 7) is 19.4. The molecular weight excluding hydrogens is 628 g/mol. The van der Waals surface area contributed by atoms with E-state index in [0.717, 1.165) is 70.3 Å². The van der Waals surface area contributed by atoms with E-state index in [1.807, 2.05) is 13.0 Å². The largest absolute Gasteiger partial charge is 0.462 e. The number of ketones is 1. The molecule has 0 spiro atoms. The van der Waals surface area contributed by atoms with Crippen molar-refractivity contribution in [3.8, 4) is 0 Å². The number of hydrogen-bond acceptors (Lipinski definition) is 7. The quantitative estimate of drug-likeness (QED) is 0.223. The van der Waals surface area contributed by atoms with Crippen LogP contribution in [0, 0.1) is 58.2 Å². The number of esters is 1. The molecule has 5 aliphatic carbocycles. The number of aldehydes is 1. The SMILES string of the molecule is CO.Cc1ncccc1C(=O)NC12CCC3C(CCC4C3(C)CCC3C(C)(C)C(OC(=O)CC(C)(C)C=O)CCC34C)C1=C(C(C)C)C(=O)C2. The molecule has 6 rings (SSSR count). The molecule has 0 saturated heterocycles. The Hall–Kier alpha value is -2.87. The average Bonchev–Trinajstić information content (AvgIpc) is 3.35. The maximum absolute atomic E-state index is 13.8. The molecule has 8 atom stereocenters. The zero-order valence-electron chi connectivity index (χ0n) is 32.3. The van der Waals surface area contributed by atoms with Crippen LogP contribution in [0.1, 0.15) is 136 Å². The number of pyridine rings is 1.